The average molecular weight is 411 g/mol. The lowest BCUT2D eigenvalue weighted by molar-refractivity contribution is 0.161. The highest BCUT2D eigenvalue weighted by molar-refractivity contribution is 5.79. The number of rotatable bonds is 8. The monoisotopic (exact) mass is 410 g/mol. The third-order valence-corrected chi connectivity index (χ3v) is 5.96. The molecule has 1 aromatic carbocycles. The molecule has 0 saturated carbocycles. The molecule has 1 fully saturated rings. The van der Waals surface area contributed by atoms with E-state index in [0.717, 1.165) is 25.6 Å². The minimum atomic E-state index is 0.542. The van der Waals surface area contributed by atoms with Gasteiger partial charge in [0, 0.05) is 45.1 Å². The number of guanidine groups is 1. The predicted molar refractivity (Wildman–Crippen MR) is 125 cm³/mol. The Balaban J connectivity index is 1.51. The first kappa shape index (κ1) is 22.3. The normalized spacial score (nSPS) is 17.0. The van der Waals surface area contributed by atoms with Gasteiger partial charge in [-0.1, -0.05) is 51.0 Å². The third kappa shape index (κ3) is 6.87. The Hall–Kier alpha value is -2.34. The molecule has 2 N–H and O–H groups in total. The van der Waals surface area contributed by atoms with Crippen molar-refractivity contribution in [1.29, 1.82) is 0 Å². The standard InChI is InChI=1S/C24H38N6/c1-20(2)23(30-12-6-4-5-7-13-30)17-28-24(25-3)27-16-21-9-8-10-22(15-21)18-29-14-11-26-19-29/h8-11,14-15,19-20,23H,4-7,12-13,16-18H2,1-3H3,(H2,25,27,28). The van der Waals surface area contributed by atoms with Crippen molar-refractivity contribution in [1.82, 2.24) is 25.1 Å². The van der Waals surface area contributed by atoms with Crippen LogP contribution in [0.2, 0.25) is 0 Å². The minimum absolute atomic E-state index is 0.542. The number of imidazole rings is 1. The number of hydrogen-bond donors (Lipinski definition) is 2. The smallest absolute Gasteiger partial charge is 0.191 e. The average Bonchev–Trinajstić information content (AvgIpc) is 3.10. The lowest BCUT2D eigenvalue weighted by atomic mass is 10.0. The summed E-state index contributed by atoms with van der Waals surface area (Å²) in [6, 6.07) is 9.22. The molecule has 0 spiro atoms. The molecule has 164 valence electrons. The number of nitrogens with one attached hydrogen (secondary N) is 2. The quantitative estimate of drug-likeness (QED) is 0.517. The Bertz CT molecular complexity index is 760. The summed E-state index contributed by atoms with van der Waals surface area (Å²) in [4.78, 5) is 11.2. The van der Waals surface area contributed by atoms with E-state index in [-0.39, 0.29) is 0 Å². The Morgan fingerprint density at radius 3 is 2.53 bits per heavy atom. The lowest BCUT2D eigenvalue weighted by Gasteiger charge is -2.34. The van der Waals surface area contributed by atoms with Gasteiger partial charge >= 0.3 is 0 Å². The second-order valence-electron chi connectivity index (χ2n) is 8.62. The maximum absolute atomic E-state index is 4.44. The van der Waals surface area contributed by atoms with Gasteiger partial charge in [0.05, 0.1) is 6.33 Å². The highest BCUT2D eigenvalue weighted by Crippen LogP contribution is 2.17. The van der Waals surface area contributed by atoms with Crippen molar-refractivity contribution in [3.63, 3.8) is 0 Å². The molecular formula is C24H38N6. The van der Waals surface area contributed by atoms with Crippen molar-refractivity contribution in [2.24, 2.45) is 10.9 Å². The van der Waals surface area contributed by atoms with Gasteiger partial charge in [0.15, 0.2) is 5.96 Å². The zero-order valence-electron chi connectivity index (χ0n) is 18.8. The van der Waals surface area contributed by atoms with E-state index < -0.39 is 0 Å². The van der Waals surface area contributed by atoms with Crippen molar-refractivity contribution >= 4 is 5.96 Å². The van der Waals surface area contributed by atoms with Crippen molar-refractivity contribution in [3.05, 3.63) is 54.1 Å². The van der Waals surface area contributed by atoms with Gasteiger partial charge in [-0.3, -0.25) is 9.89 Å². The number of likely N-dealkylation sites (tertiary alicyclic amines) is 1. The summed E-state index contributed by atoms with van der Waals surface area (Å²) in [7, 11) is 1.85. The Morgan fingerprint density at radius 2 is 1.87 bits per heavy atom. The Labute approximate surface area is 181 Å². The summed E-state index contributed by atoms with van der Waals surface area (Å²) in [5.74, 6) is 1.49. The van der Waals surface area contributed by atoms with Gasteiger partial charge < -0.3 is 15.2 Å². The molecule has 0 radical (unpaired) electrons. The lowest BCUT2D eigenvalue weighted by Crippen LogP contribution is -2.49. The van der Waals surface area contributed by atoms with Gasteiger partial charge in [0.1, 0.15) is 0 Å². The fourth-order valence-electron chi connectivity index (χ4n) is 4.25. The molecule has 3 rings (SSSR count). The summed E-state index contributed by atoms with van der Waals surface area (Å²) in [5, 5.41) is 7.06. The second-order valence-corrected chi connectivity index (χ2v) is 8.62. The largest absolute Gasteiger partial charge is 0.355 e. The molecule has 0 bridgehead atoms. The molecule has 6 heteroatoms. The number of aliphatic imine (C=N–C) groups is 1. The molecule has 2 heterocycles. The van der Waals surface area contributed by atoms with E-state index in [9.17, 15) is 0 Å². The zero-order valence-corrected chi connectivity index (χ0v) is 18.8. The summed E-state index contributed by atoms with van der Waals surface area (Å²) >= 11 is 0. The minimum Gasteiger partial charge on any atom is -0.355 e. The van der Waals surface area contributed by atoms with E-state index in [0.29, 0.717) is 12.0 Å². The Kier molecular flexibility index (Phi) is 8.75. The van der Waals surface area contributed by atoms with E-state index >= 15 is 0 Å². The van der Waals surface area contributed by atoms with Crippen molar-refractivity contribution < 1.29 is 0 Å². The molecular weight excluding hydrogens is 372 g/mol. The highest BCUT2D eigenvalue weighted by Gasteiger charge is 2.22. The first-order chi connectivity index (χ1) is 14.7. The van der Waals surface area contributed by atoms with Gasteiger partial charge in [-0.15, -0.1) is 0 Å². The molecule has 1 aliphatic rings. The second kappa shape index (κ2) is 11.7. The van der Waals surface area contributed by atoms with Gasteiger partial charge in [0.2, 0.25) is 0 Å². The maximum atomic E-state index is 4.44. The van der Waals surface area contributed by atoms with Gasteiger partial charge in [-0.25, -0.2) is 4.98 Å². The molecule has 1 aromatic heterocycles. The highest BCUT2D eigenvalue weighted by atomic mass is 15.2. The van der Waals surface area contributed by atoms with Crippen molar-refractivity contribution in [2.75, 3.05) is 26.7 Å². The van der Waals surface area contributed by atoms with Crippen LogP contribution in [0.1, 0.15) is 50.7 Å². The van der Waals surface area contributed by atoms with Gasteiger partial charge in [0.25, 0.3) is 0 Å². The first-order valence-corrected chi connectivity index (χ1v) is 11.4. The zero-order chi connectivity index (χ0) is 21.2. The van der Waals surface area contributed by atoms with Gasteiger partial charge in [-0.2, -0.15) is 0 Å². The summed E-state index contributed by atoms with van der Waals surface area (Å²) in [6.45, 7) is 9.64. The molecule has 0 amide bonds. The van der Waals surface area contributed by atoms with Crippen LogP contribution in [0.3, 0.4) is 0 Å². The molecule has 1 aliphatic heterocycles. The molecule has 1 saturated heterocycles. The maximum Gasteiger partial charge on any atom is 0.191 e. The molecule has 2 aromatic rings. The van der Waals surface area contributed by atoms with E-state index in [1.54, 1.807) is 0 Å². The SMILES string of the molecule is CN=C(NCc1cccc(Cn2ccnc2)c1)NCC(C(C)C)N1CCCCCC1. The molecule has 1 unspecified atom stereocenters. The van der Waals surface area contributed by atoms with E-state index in [4.69, 9.17) is 0 Å². The summed E-state index contributed by atoms with van der Waals surface area (Å²) in [5.41, 5.74) is 2.53. The van der Waals surface area contributed by atoms with Crippen molar-refractivity contribution in [2.45, 2.75) is 58.7 Å². The van der Waals surface area contributed by atoms with Crippen LogP contribution in [-0.2, 0) is 13.1 Å². The molecule has 0 aliphatic carbocycles. The van der Waals surface area contributed by atoms with E-state index in [2.05, 4.69) is 68.2 Å². The van der Waals surface area contributed by atoms with Crippen LogP contribution >= 0.6 is 0 Å². The van der Waals surface area contributed by atoms with Crippen LogP contribution in [0.25, 0.3) is 0 Å². The fourth-order valence-corrected chi connectivity index (χ4v) is 4.25. The van der Waals surface area contributed by atoms with Crippen LogP contribution in [-0.4, -0.2) is 53.1 Å². The predicted octanol–water partition coefficient (Wildman–Crippen LogP) is 3.50. The molecule has 1 atom stereocenters. The van der Waals surface area contributed by atoms with Crippen molar-refractivity contribution in [3.8, 4) is 0 Å². The summed E-state index contributed by atoms with van der Waals surface area (Å²) < 4.78 is 2.09. The third-order valence-electron chi connectivity index (χ3n) is 5.96. The van der Waals surface area contributed by atoms with Crippen LogP contribution in [0, 0.1) is 5.92 Å². The van der Waals surface area contributed by atoms with Crippen LogP contribution in [0.5, 0.6) is 0 Å². The topological polar surface area (TPSA) is 57.5 Å². The van der Waals surface area contributed by atoms with E-state index in [1.807, 2.05) is 25.8 Å². The van der Waals surface area contributed by atoms with Crippen LogP contribution < -0.4 is 10.6 Å². The van der Waals surface area contributed by atoms with E-state index in [1.165, 1.54) is 49.9 Å². The van der Waals surface area contributed by atoms with Crippen LogP contribution in [0.4, 0.5) is 0 Å². The number of nitrogens with zero attached hydrogens (tertiary/aromatic N) is 4. The number of hydrogen-bond acceptors (Lipinski definition) is 3. The fraction of sp³-hybridized carbons (Fsp3) is 0.583. The summed E-state index contributed by atoms with van der Waals surface area (Å²) in [6.07, 6.45) is 11.1. The van der Waals surface area contributed by atoms with Gasteiger partial charge in [-0.05, 0) is 43.0 Å². The first-order valence-electron chi connectivity index (χ1n) is 11.4. The Morgan fingerprint density at radius 1 is 1.10 bits per heavy atom. The number of benzene rings is 1. The van der Waals surface area contributed by atoms with Crippen LogP contribution in [0.15, 0.2) is 48.0 Å². The molecule has 6 nitrogen and oxygen atoms in total. The number of aromatic nitrogens is 2. The molecule has 30 heavy (non-hydrogen) atoms.